The van der Waals surface area contributed by atoms with Gasteiger partial charge in [0.25, 0.3) is 0 Å². The van der Waals surface area contributed by atoms with E-state index in [-0.39, 0.29) is 0 Å². The summed E-state index contributed by atoms with van der Waals surface area (Å²) in [6.45, 7) is 7.52. The fourth-order valence-electron chi connectivity index (χ4n) is 3.67. The number of nitriles is 1. The SMILES string of the molecule is CCC1C2CNCC2CN1c1cc(C#N)cc(C)n1. The smallest absolute Gasteiger partial charge is 0.130 e. The number of anilines is 1. The minimum Gasteiger partial charge on any atom is -0.353 e. The molecule has 0 saturated carbocycles. The number of rotatable bonds is 2. The van der Waals surface area contributed by atoms with Crippen LogP contribution in [0, 0.1) is 30.1 Å². The van der Waals surface area contributed by atoms with Gasteiger partial charge in [-0.3, -0.25) is 0 Å². The van der Waals surface area contributed by atoms with E-state index in [0.29, 0.717) is 11.6 Å². The van der Waals surface area contributed by atoms with Gasteiger partial charge >= 0.3 is 0 Å². The van der Waals surface area contributed by atoms with Gasteiger partial charge in [0.15, 0.2) is 0 Å². The summed E-state index contributed by atoms with van der Waals surface area (Å²) in [5.74, 6) is 2.45. The number of nitrogens with zero attached hydrogens (tertiary/aromatic N) is 3. The zero-order valence-electron chi connectivity index (χ0n) is 11.6. The van der Waals surface area contributed by atoms with Crippen LogP contribution < -0.4 is 10.2 Å². The zero-order valence-corrected chi connectivity index (χ0v) is 11.6. The molecule has 1 aromatic heterocycles. The van der Waals surface area contributed by atoms with Crippen molar-refractivity contribution in [1.29, 1.82) is 5.26 Å². The van der Waals surface area contributed by atoms with Crippen LogP contribution in [0.25, 0.3) is 0 Å². The van der Waals surface area contributed by atoms with Crippen molar-refractivity contribution in [2.75, 3.05) is 24.5 Å². The van der Waals surface area contributed by atoms with Gasteiger partial charge in [-0.15, -0.1) is 0 Å². The molecule has 2 aliphatic rings. The minimum absolute atomic E-state index is 0.556. The van der Waals surface area contributed by atoms with Crippen LogP contribution in [0.4, 0.5) is 5.82 Å². The molecule has 3 heterocycles. The number of pyridine rings is 1. The Morgan fingerprint density at radius 1 is 1.47 bits per heavy atom. The maximum absolute atomic E-state index is 9.11. The topological polar surface area (TPSA) is 52.0 Å². The molecule has 4 heteroatoms. The predicted octanol–water partition coefficient (Wildman–Crippen LogP) is 1.70. The lowest BCUT2D eigenvalue weighted by atomic mass is 9.93. The number of hydrogen-bond acceptors (Lipinski definition) is 4. The first-order valence-electron chi connectivity index (χ1n) is 7.09. The first-order valence-corrected chi connectivity index (χ1v) is 7.09. The quantitative estimate of drug-likeness (QED) is 0.875. The molecule has 1 N–H and O–H groups in total. The lowest BCUT2D eigenvalue weighted by molar-refractivity contribution is 0.441. The molecule has 0 bridgehead atoms. The molecule has 2 fully saturated rings. The van der Waals surface area contributed by atoms with Crippen LogP contribution in [0.2, 0.25) is 0 Å². The van der Waals surface area contributed by atoms with Crippen molar-refractivity contribution in [3.05, 3.63) is 23.4 Å². The molecule has 4 nitrogen and oxygen atoms in total. The molecule has 0 aromatic carbocycles. The summed E-state index contributed by atoms with van der Waals surface area (Å²) in [7, 11) is 0. The molecular weight excluding hydrogens is 236 g/mol. The van der Waals surface area contributed by atoms with E-state index < -0.39 is 0 Å². The van der Waals surface area contributed by atoms with Gasteiger partial charge < -0.3 is 10.2 Å². The summed E-state index contributed by atoms with van der Waals surface area (Å²) < 4.78 is 0. The molecule has 3 rings (SSSR count). The first-order chi connectivity index (χ1) is 9.22. The third-order valence-corrected chi connectivity index (χ3v) is 4.50. The van der Waals surface area contributed by atoms with Crippen molar-refractivity contribution in [1.82, 2.24) is 10.3 Å². The normalized spacial score (nSPS) is 29.3. The van der Waals surface area contributed by atoms with E-state index in [1.807, 2.05) is 19.1 Å². The number of fused-ring (bicyclic) bond motifs is 1. The van der Waals surface area contributed by atoms with Crippen LogP contribution in [0.1, 0.15) is 24.6 Å². The maximum Gasteiger partial charge on any atom is 0.130 e. The Morgan fingerprint density at radius 2 is 2.32 bits per heavy atom. The summed E-state index contributed by atoms with van der Waals surface area (Å²) in [5.41, 5.74) is 1.65. The molecule has 0 aliphatic carbocycles. The molecule has 2 saturated heterocycles. The summed E-state index contributed by atoms with van der Waals surface area (Å²) in [5, 5.41) is 12.6. The van der Waals surface area contributed by atoms with Gasteiger partial charge in [-0.2, -0.15) is 5.26 Å². The van der Waals surface area contributed by atoms with Crippen LogP contribution in [0.5, 0.6) is 0 Å². The Hall–Kier alpha value is -1.60. The largest absolute Gasteiger partial charge is 0.353 e. The average molecular weight is 256 g/mol. The van der Waals surface area contributed by atoms with Gasteiger partial charge in [-0.1, -0.05) is 6.92 Å². The third-order valence-electron chi connectivity index (χ3n) is 4.50. The molecule has 3 unspecified atom stereocenters. The number of hydrogen-bond donors (Lipinski definition) is 1. The van der Waals surface area contributed by atoms with Crippen molar-refractivity contribution in [2.24, 2.45) is 11.8 Å². The van der Waals surface area contributed by atoms with E-state index in [1.165, 1.54) is 0 Å². The average Bonchev–Trinajstić information content (AvgIpc) is 2.97. The molecule has 19 heavy (non-hydrogen) atoms. The Morgan fingerprint density at radius 3 is 3.05 bits per heavy atom. The van der Waals surface area contributed by atoms with Crippen molar-refractivity contribution >= 4 is 5.82 Å². The van der Waals surface area contributed by atoms with Gasteiger partial charge in [0.1, 0.15) is 5.82 Å². The third kappa shape index (κ3) is 2.08. The Bertz CT molecular complexity index is 519. The van der Waals surface area contributed by atoms with E-state index in [9.17, 15) is 0 Å². The minimum atomic E-state index is 0.556. The molecule has 2 aliphatic heterocycles. The summed E-state index contributed by atoms with van der Waals surface area (Å²) in [6, 6.07) is 6.58. The molecule has 0 amide bonds. The summed E-state index contributed by atoms with van der Waals surface area (Å²) in [6.07, 6.45) is 1.14. The number of nitrogens with one attached hydrogen (secondary N) is 1. The second-order valence-corrected chi connectivity index (χ2v) is 5.68. The van der Waals surface area contributed by atoms with E-state index in [4.69, 9.17) is 5.26 Å². The second-order valence-electron chi connectivity index (χ2n) is 5.68. The first kappa shape index (κ1) is 12.4. The molecule has 0 spiro atoms. The van der Waals surface area contributed by atoms with Crippen molar-refractivity contribution in [2.45, 2.75) is 26.3 Å². The van der Waals surface area contributed by atoms with Crippen LogP contribution in [-0.2, 0) is 0 Å². The van der Waals surface area contributed by atoms with Crippen LogP contribution in [0.3, 0.4) is 0 Å². The molecule has 0 radical (unpaired) electrons. The zero-order chi connectivity index (χ0) is 13.4. The lowest BCUT2D eigenvalue weighted by Crippen LogP contribution is -2.35. The Balaban J connectivity index is 1.94. The maximum atomic E-state index is 9.11. The summed E-state index contributed by atoms with van der Waals surface area (Å²) in [4.78, 5) is 7.06. The van der Waals surface area contributed by atoms with Gasteiger partial charge in [0.2, 0.25) is 0 Å². The fourth-order valence-corrected chi connectivity index (χ4v) is 3.67. The van der Waals surface area contributed by atoms with E-state index in [0.717, 1.165) is 49.4 Å². The standard InChI is InChI=1S/C15H20N4/c1-3-14-13-8-17-7-12(13)9-19(14)15-5-11(6-16)4-10(2)18-15/h4-5,12-14,17H,3,7-9H2,1-2H3. The Labute approximate surface area is 114 Å². The highest BCUT2D eigenvalue weighted by Gasteiger charge is 2.43. The van der Waals surface area contributed by atoms with Crippen molar-refractivity contribution in [3.63, 3.8) is 0 Å². The van der Waals surface area contributed by atoms with E-state index >= 15 is 0 Å². The van der Waals surface area contributed by atoms with Crippen LogP contribution in [0.15, 0.2) is 12.1 Å². The molecular formula is C15H20N4. The van der Waals surface area contributed by atoms with E-state index in [2.05, 4.69) is 28.2 Å². The fraction of sp³-hybridized carbons (Fsp3) is 0.600. The van der Waals surface area contributed by atoms with E-state index in [1.54, 1.807) is 0 Å². The Kier molecular flexibility index (Phi) is 3.16. The highest BCUT2D eigenvalue weighted by Crippen LogP contribution is 2.36. The van der Waals surface area contributed by atoms with Crippen molar-refractivity contribution < 1.29 is 0 Å². The second kappa shape index (κ2) is 4.82. The van der Waals surface area contributed by atoms with Crippen LogP contribution in [-0.4, -0.2) is 30.7 Å². The lowest BCUT2D eigenvalue weighted by Gasteiger charge is -2.28. The van der Waals surface area contributed by atoms with Gasteiger partial charge in [0.05, 0.1) is 11.6 Å². The molecule has 3 atom stereocenters. The van der Waals surface area contributed by atoms with Gasteiger partial charge in [-0.25, -0.2) is 4.98 Å². The van der Waals surface area contributed by atoms with Gasteiger partial charge in [0, 0.05) is 31.4 Å². The number of aryl methyl sites for hydroxylation is 1. The molecule has 100 valence electrons. The van der Waals surface area contributed by atoms with Gasteiger partial charge in [-0.05, 0) is 37.3 Å². The predicted molar refractivity (Wildman–Crippen MR) is 75.0 cm³/mol. The van der Waals surface area contributed by atoms with Crippen LogP contribution >= 0.6 is 0 Å². The highest BCUT2D eigenvalue weighted by atomic mass is 15.3. The monoisotopic (exact) mass is 256 g/mol. The highest BCUT2D eigenvalue weighted by molar-refractivity contribution is 5.49. The molecule has 1 aromatic rings. The number of aromatic nitrogens is 1. The summed E-state index contributed by atoms with van der Waals surface area (Å²) >= 11 is 0. The van der Waals surface area contributed by atoms with Crippen molar-refractivity contribution in [3.8, 4) is 6.07 Å².